The van der Waals surface area contributed by atoms with Crippen LogP contribution in [0.5, 0.6) is 0 Å². The molecule has 0 fully saturated rings. The zero-order valence-electron chi connectivity index (χ0n) is 8.46. The number of benzene rings is 1. The van der Waals surface area contributed by atoms with Crippen molar-refractivity contribution in [2.45, 2.75) is 26.2 Å². The van der Waals surface area contributed by atoms with Crippen molar-refractivity contribution in [3.63, 3.8) is 0 Å². The highest BCUT2D eigenvalue weighted by atomic mass is 15.1. The Hall–Kier alpha value is -0.980. The normalized spacial score (nSPS) is 21.4. The molecule has 0 bridgehead atoms. The summed E-state index contributed by atoms with van der Waals surface area (Å²) in [6, 6.07) is 8.80. The van der Waals surface area contributed by atoms with Crippen molar-refractivity contribution in [1.29, 1.82) is 0 Å². The van der Waals surface area contributed by atoms with Crippen LogP contribution in [0.3, 0.4) is 0 Å². The van der Waals surface area contributed by atoms with Crippen molar-refractivity contribution in [3.05, 3.63) is 29.8 Å². The van der Waals surface area contributed by atoms with Crippen molar-refractivity contribution in [1.82, 2.24) is 0 Å². The summed E-state index contributed by atoms with van der Waals surface area (Å²) in [6.07, 6.45) is 1.30. The predicted molar refractivity (Wildman–Crippen MR) is 57.4 cm³/mol. The minimum Gasteiger partial charge on any atom is -0.372 e. The predicted octanol–water partition coefficient (Wildman–Crippen LogP) is 3.02. The number of para-hydroxylation sites is 1. The molecular weight excluding hydrogens is 158 g/mol. The molecule has 0 aromatic heterocycles. The fourth-order valence-electron chi connectivity index (χ4n) is 2.15. The Labute approximate surface area is 80.4 Å². The molecule has 0 saturated heterocycles. The van der Waals surface area contributed by atoms with E-state index < -0.39 is 0 Å². The second-order valence-electron chi connectivity index (χ2n) is 3.83. The fourth-order valence-corrected chi connectivity index (χ4v) is 2.15. The van der Waals surface area contributed by atoms with Gasteiger partial charge in [-0.05, 0) is 30.9 Å². The van der Waals surface area contributed by atoms with Gasteiger partial charge in [-0.25, -0.2) is 0 Å². The fraction of sp³-hybridized carbons (Fsp3) is 0.500. The Morgan fingerprint density at radius 2 is 2.15 bits per heavy atom. The minimum absolute atomic E-state index is 0.735. The Kier molecular flexibility index (Phi) is 2.26. The molecule has 0 aliphatic carbocycles. The lowest BCUT2D eigenvalue weighted by Gasteiger charge is -2.33. The number of rotatable bonds is 1. The van der Waals surface area contributed by atoms with Crippen LogP contribution < -0.4 is 4.90 Å². The van der Waals surface area contributed by atoms with Gasteiger partial charge < -0.3 is 4.90 Å². The molecule has 0 spiro atoms. The van der Waals surface area contributed by atoms with Gasteiger partial charge in [-0.15, -0.1) is 0 Å². The van der Waals surface area contributed by atoms with Crippen LogP contribution in [0.25, 0.3) is 0 Å². The van der Waals surface area contributed by atoms with E-state index in [0.717, 1.165) is 12.5 Å². The summed E-state index contributed by atoms with van der Waals surface area (Å²) in [5.41, 5.74) is 2.97. The van der Waals surface area contributed by atoms with E-state index in [-0.39, 0.29) is 0 Å². The second-order valence-corrected chi connectivity index (χ2v) is 3.83. The monoisotopic (exact) mass is 175 g/mol. The number of nitrogens with zero attached hydrogens (tertiary/aromatic N) is 1. The summed E-state index contributed by atoms with van der Waals surface area (Å²) in [5.74, 6) is 0.735. The van der Waals surface area contributed by atoms with Gasteiger partial charge in [0.05, 0.1) is 0 Å². The molecule has 70 valence electrons. The van der Waals surface area contributed by atoms with E-state index in [1.54, 1.807) is 0 Å². The van der Waals surface area contributed by atoms with Crippen LogP contribution in [0.2, 0.25) is 0 Å². The highest BCUT2D eigenvalue weighted by Crippen LogP contribution is 2.34. The van der Waals surface area contributed by atoms with E-state index >= 15 is 0 Å². The Morgan fingerprint density at radius 1 is 1.38 bits per heavy atom. The highest BCUT2D eigenvalue weighted by molar-refractivity contribution is 5.56. The third kappa shape index (κ3) is 1.43. The average Bonchev–Trinajstić information content (AvgIpc) is 2.19. The van der Waals surface area contributed by atoms with Gasteiger partial charge in [-0.2, -0.15) is 0 Å². The van der Waals surface area contributed by atoms with E-state index in [4.69, 9.17) is 0 Å². The molecule has 0 N–H and O–H groups in total. The lowest BCUT2D eigenvalue weighted by atomic mass is 9.92. The first-order valence-electron chi connectivity index (χ1n) is 5.16. The summed E-state index contributed by atoms with van der Waals surface area (Å²) in [7, 11) is 0. The number of fused-ring (bicyclic) bond motifs is 1. The van der Waals surface area contributed by atoms with E-state index in [0.29, 0.717) is 0 Å². The quantitative estimate of drug-likeness (QED) is 0.634. The number of hydrogen-bond donors (Lipinski definition) is 0. The standard InChI is InChI=1S/C12H17N/c1-3-13-9-8-10(2)11-6-4-5-7-12(11)13/h4-7,10H,3,8-9H2,1-2H3/t10-/m0/s1. The van der Waals surface area contributed by atoms with Crippen LogP contribution in [-0.2, 0) is 0 Å². The zero-order chi connectivity index (χ0) is 9.26. The molecule has 0 unspecified atom stereocenters. The van der Waals surface area contributed by atoms with Crippen LogP contribution in [-0.4, -0.2) is 13.1 Å². The summed E-state index contributed by atoms with van der Waals surface area (Å²) in [5, 5.41) is 0. The SMILES string of the molecule is CCN1CC[C@H](C)c2ccccc21. The summed E-state index contributed by atoms with van der Waals surface area (Å²) < 4.78 is 0. The summed E-state index contributed by atoms with van der Waals surface area (Å²) in [4.78, 5) is 2.47. The molecule has 0 amide bonds. The van der Waals surface area contributed by atoms with Crippen molar-refractivity contribution in [2.75, 3.05) is 18.0 Å². The lowest BCUT2D eigenvalue weighted by Crippen LogP contribution is -2.30. The third-order valence-electron chi connectivity index (χ3n) is 3.02. The maximum absolute atomic E-state index is 2.47. The molecular formula is C12H17N. The molecule has 1 aromatic carbocycles. The van der Waals surface area contributed by atoms with Gasteiger partial charge in [0.1, 0.15) is 0 Å². The van der Waals surface area contributed by atoms with Gasteiger partial charge in [0.25, 0.3) is 0 Å². The first-order valence-corrected chi connectivity index (χ1v) is 5.16. The molecule has 1 nitrogen and oxygen atoms in total. The van der Waals surface area contributed by atoms with Gasteiger partial charge in [-0.1, -0.05) is 25.1 Å². The van der Waals surface area contributed by atoms with E-state index in [1.807, 2.05) is 0 Å². The molecule has 2 rings (SSSR count). The molecule has 1 aromatic rings. The van der Waals surface area contributed by atoms with Crippen LogP contribution in [0.4, 0.5) is 5.69 Å². The molecule has 1 heterocycles. The number of hydrogen-bond acceptors (Lipinski definition) is 1. The molecule has 0 saturated carbocycles. The molecule has 1 aliphatic heterocycles. The van der Waals surface area contributed by atoms with Gasteiger partial charge >= 0.3 is 0 Å². The van der Waals surface area contributed by atoms with Gasteiger partial charge in [0.2, 0.25) is 0 Å². The Morgan fingerprint density at radius 3 is 2.92 bits per heavy atom. The van der Waals surface area contributed by atoms with Crippen LogP contribution >= 0.6 is 0 Å². The van der Waals surface area contributed by atoms with Crippen molar-refractivity contribution in [2.24, 2.45) is 0 Å². The van der Waals surface area contributed by atoms with Crippen molar-refractivity contribution < 1.29 is 0 Å². The average molecular weight is 175 g/mol. The maximum atomic E-state index is 2.47. The first-order chi connectivity index (χ1) is 6.33. The Bertz CT molecular complexity index is 293. The topological polar surface area (TPSA) is 3.24 Å². The first kappa shape index (κ1) is 8.61. The highest BCUT2D eigenvalue weighted by Gasteiger charge is 2.19. The largest absolute Gasteiger partial charge is 0.372 e. The molecule has 0 radical (unpaired) electrons. The van der Waals surface area contributed by atoms with Crippen molar-refractivity contribution >= 4 is 5.69 Å². The maximum Gasteiger partial charge on any atom is 0.0401 e. The van der Waals surface area contributed by atoms with Crippen LogP contribution in [0, 0.1) is 0 Å². The molecule has 1 aliphatic rings. The smallest absolute Gasteiger partial charge is 0.0401 e. The summed E-state index contributed by atoms with van der Waals surface area (Å²) >= 11 is 0. The third-order valence-corrected chi connectivity index (χ3v) is 3.02. The Balaban J connectivity index is 2.42. The zero-order valence-corrected chi connectivity index (χ0v) is 8.46. The minimum atomic E-state index is 0.735. The second kappa shape index (κ2) is 3.41. The van der Waals surface area contributed by atoms with Crippen molar-refractivity contribution in [3.8, 4) is 0 Å². The van der Waals surface area contributed by atoms with Gasteiger partial charge in [0, 0.05) is 18.8 Å². The lowest BCUT2D eigenvalue weighted by molar-refractivity contribution is 0.619. The summed E-state index contributed by atoms with van der Waals surface area (Å²) in [6.45, 7) is 6.90. The number of anilines is 1. The van der Waals surface area contributed by atoms with Gasteiger partial charge in [-0.3, -0.25) is 0 Å². The van der Waals surface area contributed by atoms with Crippen LogP contribution in [0.15, 0.2) is 24.3 Å². The molecule has 1 atom stereocenters. The van der Waals surface area contributed by atoms with E-state index in [2.05, 4.69) is 43.0 Å². The van der Waals surface area contributed by atoms with E-state index in [9.17, 15) is 0 Å². The van der Waals surface area contributed by atoms with E-state index in [1.165, 1.54) is 24.2 Å². The van der Waals surface area contributed by atoms with Crippen LogP contribution in [0.1, 0.15) is 31.7 Å². The van der Waals surface area contributed by atoms with Gasteiger partial charge in [0.15, 0.2) is 0 Å². The molecule has 13 heavy (non-hydrogen) atoms. The molecule has 1 heteroatoms.